The first-order valence-electron chi connectivity index (χ1n) is 3.83. The molecular formula is C8H16N2O. The van der Waals surface area contributed by atoms with Crippen molar-refractivity contribution in [2.75, 3.05) is 7.05 Å². The van der Waals surface area contributed by atoms with Gasteiger partial charge in [-0.2, -0.15) is 0 Å². The van der Waals surface area contributed by atoms with Gasteiger partial charge in [-0.3, -0.25) is 9.80 Å². The van der Waals surface area contributed by atoms with Gasteiger partial charge in [0.2, 0.25) is 6.41 Å². The van der Waals surface area contributed by atoms with E-state index in [1.54, 1.807) is 7.05 Å². The smallest absolute Gasteiger partial charge is 0.227 e. The summed E-state index contributed by atoms with van der Waals surface area (Å²) in [6, 6.07) is 0. The minimum absolute atomic E-state index is 0.719. The zero-order chi connectivity index (χ0) is 8.69. The molecular weight excluding hydrogens is 140 g/mol. The monoisotopic (exact) mass is 156 g/mol. The Bertz CT molecular complexity index is 134. The van der Waals surface area contributed by atoms with Crippen molar-refractivity contribution in [2.24, 2.45) is 0 Å². The molecule has 0 atom stereocenters. The van der Waals surface area contributed by atoms with Crippen molar-refractivity contribution in [2.45, 2.75) is 26.2 Å². The Kier molecular flexibility index (Phi) is 5.25. The number of carbonyl (C=O) groups excluding carboxylic acids is 1. The van der Waals surface area contributed by atoms with Gasteiger partial charge >= 0.3 is 0 Å². The van der Waals surface area contributed by atoms with Crippen molar-refractivity contribution < 1.29 is 4.79 Å². The highest BCUT2D eigenvalue weighted by Gasteiger charge is 1.94. The van der Waals surface area contributed by atoms with Crippen molar-refractivity contribution in [1.82, 2.24) is 10.4 Å². The van der Waals surface area contributed by atoms with Crippen LogP contribution >= 0.6 is 0 Å². The topological polar surface area (TPSA) is 32.3 Å². The summed E-state index contributed by atoms with van der Waals surface area (Å²) in [4.78, 5) is 10.1. The largest absolute Gasteiger partial charge is 0.301 e. The van der Waals surface area contributed by atoms with E-state index in [4.69, 9.17) is 0 Å². The summed E-state index contributed by atoms with van der Waals surface area (Å²) < 4.78 is 0. The molecule has 0 aromatic heterocycles. The summed E-state index contributed by atoms with van der Waals surface area (Å²) in [7, 11) is 1.66. The maximum atomic E-state index is 10.1. The van der Waals surface area contributed by atoms with Gasteiger partial charge in [-0.05, 0) is 12.8 Å². The molecule has 1 N–H and O–H groups in total. The van der Waals surface area contributed by atoms with Crippen molar-refractivity contribution in [3.05, 3.63) is 12.3 Å². The second-order valence-electron chi connectivity index (χ2n) is 2.54. The third-order valence-corrected chi connectivity index (χ3v) is 1.32. The summed E-state index contributed by atoms with van der Waals surface area (Å²) in [5.41, 5.74) is 3.73. The first-order valence-corrected chi connectivity index (χ1v) is 3.83. The molecule has 0 fully saturated rings. The molecule has 1 amide bonds. The molecule has 0 spiro atoms. The van der Waals surface area contributed by atoms with Gasteiger partial charge in [-0.15, -0.1) is 0 Å². The maximum Gasteiger partial charge on any atom is 0.227 e. The zero-order valence-corrected chi connectivity index (χ0v) is 7.26. The number of hydrazine groups is 1. The summed E-state index contributed by atoms with van der Waals surface area (Å²) >= 11 is 0. The average molecular weight is 156 g/mol. The molecule has 11 heavy (non-hydrogen) atoms. The van der Waals surface area contributed by atoms with E-state index in [1.165, 1.54) is 5.01 Å². The van der Waals surface area contributed by atoms with Crippen LogP contribution in [0.3, 0.4) is 0 Å². The van der Waals surface area contributed by atoms with Crippen LogP contribution in [0.1, 0.15) is 26.2 Å². The fourth-order valence-corrected chi connectivity index (χ4v) is 0.722. The van der Waals surface area contributed by atoms with Crippen LogP contribution < -0.4 is 5.43 Å². The predicted molar refractivity (Wildman–Crippen MR) is 45.6 cm³/mol. The van der Waals surface area contributed by atoms with Gasteiger partial charge in [0.05, 0.1) is 0 Å². The zero-order valence-electron chi connectivity index (χ0n) is 7.26. The van der Waals surface area contributed by atoms with E-state index in [1.807, 2.05) is 0 Å². The standard InChI is InChI=1S/C8H16N2O/c1-4-5-6-8(2)9-10(3)7-11/h7,9H,2,4-6H2,1,3H3. The maximum absolute atomic E-state index is 10.1. The summed E-state index contributed by atoms with van der Waals surface area (Å²) in [5.74, 6) is 0. The highest BCUT2D eigenvalue weighted by molar-refractivity contribution is 5.45. The van der Waals surface area contributed by atoms with E-state index in [-0.39, 0.29) is 0 Å². The molecule has 0 rings (SSSR count). The van der Waals surface area contributed by atoms with Gasteiger partial charge in [0, 0.05) is 12.7 Å². The SMILES string of the molecule is C=C(CCCC)NN(C)C=O. The van der Waals surface area contributed by atoms with Crippen molar-refractivity contribution in [3.8, 4) is 0 Å². The molecule has 0 unspecified atom stereocenters. The summed E-state index contributed by atoms with van der Waals surface area (Å²) in [5, 5.41) is 1.36. The molecule has 0 aromatic rings. The predicted octanol–water partition coefficient (Wildman–Crippen LogP) is 1.28. The van der Waals surface area contributed by atoms with E-state index in [2.05, 4.69) is 18.9 Å². The number of allylic oxidation sites excluding steroid dienone is 1. The van der Waals surface area contributed by atoms with Gasteiger partial charge in [0.15, 0.2) is 0 Å². The lowest BCUT2D eigenvalue weighted by molar-refractivity contribution is -0.118. The minimum Gasteiger partial charge on any atom is -0.301 e. The average Bonchev–Trinajstić information content (AvgIpc) is 2.00. The van der Waals surface area contributed by atoms with Gasteiger partial charge in [-0.1, -0.05) is 19.9 Å². The number of carbonyl (C=O) groups is 1. The third kappa shape index (κ3) is 5.45. The minimum atomic E-state index is 0.719. The molecule has 64 valence electrons. The molecule has 0 saturated heterocycles. The molecule has 3 nitrogen and oxygen atoms in total. The van der Waals surface area contributed by atoms with E-state index in [9.17, 15) is 4.79 Å². The van der Waals surface area contributed by atoms with Gasteiger partial charge in [-0.25, -0.2) is 0 Å². The first-order chi connectivity index (χ1) is 5.20. The summed E-state index contributed by atoms with van der Waals surface area (Å²) in [6.07, 6.45) is 3.90. The molecule has 0 aliphatic rings. The lowest BCUT2D eigenvalue weighted by atomic mass is 10.2. The normalized spacial score (nSPS) is 8.91. The first kappa shape index (κ1) is 10.0. The van der Waals surface area contributed by atoms with E-state index >= 15 is 0 Å². The van der Waals surface area contributed by atoms with Crippen LogP contribution in [0.15, 0.2) is 12.3 Å². The van der Waals surface area contributed by atoms with Gasteiger partial charge in [0.1, 0.15) is 0 Å². The van der Waals surface area contributed by atoms with Crippen LogP contribution in [-0.2, 0) is 4.79 Å². The molecule has 0 radical (unpaired) electrons. The van der Waals surface area contributed by atoms with Crippen molar-refractivity contribution >= 4 is 6.41 Å². The number of hydrogen-bond donors (Lipinski definition) is 1. The third-order valence-electron chi connectivity index (χ3n) is 1.32. The molecule has 3 heteroatoms. The summed E-state index contributed by atoms with van der Waals surface area (Å²) in [6.45, 7) is 5.89. The Morgan fingerprint density at radius 1 is 1.73 bits per heavy atom. The van der Waals surface area contributed by atoms with Crippen LogP contribution in [0, 0.1) is 0 Å². The fourth-order valence-electron chi connectivity index (χ4n) is 0.722. The number of nitrogens with zero attached hydrogens (tertiary/aromatic N) is 1. The van der Waals surface area contributed by atoms with Crippen LogP contribution in [-0.4, -0.2) is 18.5 Å². The molecule has 0 aromatic carbocycles. The Balaban J connectivity index is 3.43. The second kappa shape index (κ2) is 5.77. The van der Waals surface area contributed by atoms with Crippen LogP contribution in [0.25, 0.3) is 0 Å². The number of nitrogens with one attached hydrogen (secondary N) is 1. The van der Waals surface area contributed by atoms with Crippen LogP contribution in [0.4, 0.5) is 0 Å². The highest BCUT2D eigenvalue weighted by Crippen LogP contribution is 2.00. The van der Waals surface area contributed by atoms with Crippen molar-refractivity contribution in [1.29, 1.82) is 0 Å². The van der Waals surface area contributed by atoms with Crippen LogP contribution in [0.2, 0.25) is 0 Å². The van der Waals surface area contributed by atoms with Gasteiger partial charge in [0.25, 0.3) is 0 Å². The number of hydrogen-bond acceptors (Lipinski definition) is 2. The Labute approximate surface area is 68.0 Å². The lowest BCUT2D eigenvalue weighted by Crippen LogP contribution is -2.31. The number of unbranched alkanes of at least 4 members (excludes halogenated alkanes) is 1. The lowest BCUT2D eigenvalue weighted by Gasteiger charge is -2.15. The number of amides is 1. The molecule has 0 heterocycles. The molecule has 0 saturated carbocycles. The van der Waals surface area contributed by atoms with Crippen LogP contribution in [0.5, 0.6) is 0 Å². The van der Waals surface area contributed by atoms with E-state index < -0.39 is 0 Å². The van der Waals surface area contributed by atoms with Crippen molar-refractivity contribution in [3.63, 3.8) is 0 Å². The molecule has 0 aliphatic heterocycles. The van der Waals surface area contributed by atoms with E-state index in [0.717, 1.165) is 31.4 Å². The molecule has 0 aliphatic carbocycles. The molecule has 0 bridgehead atoms. The van der Waals surface area contributed by atoms with E-state index in [0.29, 0.717) is 0 Å². The number of rotatable bonds is 6. The Hall–Kier alpha value is -0.990. The van der Waals surface area contributed by atoms with Gasteiger partial charge < -0.3 is 5.43 Å². The Morgan fingerprint density at radius 3 is 2.82 bits per heavy atom. The fraction of sp³-hybridized carbons (Fsp3) is 0.625. The highest BCUT2D eigenvalue weighted by atomic mass is 16.1. The quantitative estimate of drug-likeness (QED) is 0.464. The Morgan fingerprint density at radius 2 is 2.36 bits per heavy atom. The second-order valence-corrected chi connectivity index (χ2v) is 2.54.